The molecular weight excluding hydrogens is 266 g/mol. The predicted octanol–water partition coefficient (Wildman–Crippen LogP) is 2.09. The van der Waals surface area contributed by atoms with Crippen LogP contribution in [0.1, 0.15) is 49.2 Å². The lowest BCUT2D eigenvalue weighted by atomic mass is 9.96. The topological polar surface area (TPSA) is 65.5 Å². The van der Waals surface area contributed by atoms with E-state index in [0.29, 0.717) is 25.1 Å². The van der Waals surface area contributed by atoms with Crippen molar-refractivity contribution in [1.29, 1.82) is 0 Å². The number of carbonyl (C=O) groups is 1. The molecule has 1 saturated heterocycles. The number of aliphatic hydroxyl groups excluding tert-OH is 1. The zero-order valence-corrected chi connectivity index (χ0v) is 13.3. The molecule has 1 aliphatic rings. The Bertz CT molecular complexity index is 516. The molecule has 0 saturated carbocycles. The summed E-state index contributed by atoms with van der Waals surface area (Å²) in [6, 6.07) is 3.67. The molecule has 0 aromatic carbocycles. The number of pyridine rings is 1. The molecule has 0 bridgehead atoms. The fourth-order valence-corrected chi connectivity index (χ4v) is 2.60. The Balaban J connectivity index is 2.24. The molecule has 116 valence electrons. The molecule has 1 aliphatic heterocycles. The molecule has 0 spiro atoms. The van der Waals surface area contributed by atoms with Gasteiger partial charge in [-0.2, -0.15) is 0 Å². The van der Waals surface area contributed by atoms with Crippen molar-refractivity contribution in [2.24, 2.45) is 5.92 Å². The Labute approximate surface area is 126 Å². The van der Waals surface area contributed by atoms with Gasteiger partial charge in [-0.3, -0.25) is 4.79 Å². The maximum absolute atomic E-state index is 12.7. The van der Waals surface area contributed by atoms with E-state index >= 15 is 0 Å². The second kappa shape index (κ2) is 6.43. The van der Waals surface area contributed by atoms with Crippen LogP contribution in [-0.2, 0) is 0 Å². The van der Waals surface area contributed by atoms with E-state index in [1.807, 2.05) is 17.9 Å². The molecule has 2 N–H and O–H groups in total. The fourth-order valence-electron chi connectivity index (χ4n) is 2.60. The normalized spacial score (nSPS) is 22.5. The molecule has 2 heterocycles. The highest BCUT2D eigenvalue weighted by molar-refractivity contribution is 5.95. The van der Waals surface area contributed by atoms with Gasteiger partial charge in [0, 0.05) is 31.4 Å². The monoisotopic (exact) mass is 291 g/mol. The number of nitrogens with zero attached hydrogens (tertiary/aromatic N) is 2. The standard InChI is InChI=1S/C16H25N3O2/c1-10(2)13-7-12(8-15(17-4)18-13)16(21)19-6-5-14(20)11(3)9-19/h7-8,10-11,14,20H,5-6,9H2,1-4H3,(H,17,18). The molecule has 21 heavy (non-hydrogen) atoms. The fraction of sp³-hybridized carbons (Fsp3) is 0.625. The van der Waals surface area contributed by atoms with Gasteiger partial charge in [-0.05, 0) is 30.4 Å². The quantitative estimate of drug-likeness (QED) is 0.895. The van der Waals surface area contributed by atoms with Crippen molar-refractivity contribution in [2.45, 2.75) is 39.2 Å². The van der Waals surface area contributed by atoms with Crippen molar-refractivity contribution in [1.82, 2.24) is 9.88 Å². The van der Waals surface area contributed by atoms with Gasteiger partial charge < -0.3 is 15.3 Å². The van der Waals surface area contributed by atoms with Crippen LogP contribution in [0.4, 0.5) is 5.82 Å². The summed E-state index contributed by atoms with van der Waals surface area (Å²) in [5.74, 6) is 1.13. The maximum Gasteiger partial charge on any atom is 0.254 e. The molecule has 0 radical (unpaired) electrons. The van der Waals surface area contributed by atoms with Crippen LogP contribution in [0.2, 0.25) is 0 Å². The van der Waals surface area contributed by atoms with E-state index in [1.54, 1.807) is 13.1 Å². The first-order chi connectivity index (χ1) is 9.92. The van der Waals surface area contributed by atoms with Crippen molar-refractivity contribution in [3.05, 3.63) is 23.4 Å². The first kappa shape index (κ1) is 15.8. The smallest absolute Gasteiger partial charge is 0.254 e. The SMILES string of the molecule is CNc1cc(C(=O)N2CCC(O)C(C)C2)cc(C(C)C)n1. The number of piperidine rings is 1. The van der Waals surface area contributed by atoms with Gasteiger partial charge in [-0.25, -0.2) is 4.98 Å². The van der Waals surface area contributed by atoms with Crippen LogP contribution >= 0.6 is 0 Å². The van der Waals surface area contributed by atoms with Gasteiger partial charge in [-0.15, -0.1) is 0 Å². The van der Waals surface area contributed by atoms with E-state index in [4.69, 9.17) is 0 Å². The summed E-state index contributed by atoms with van der Waals surface area (Å²) in [6.07, 6.45) is 0.346. The number of aliphatic hydroxyl groups is 1. The summed E-state index contributed by atoms with van der Waals surface area (Å²) in [4.78, 5) is 19.0. The molecule has 1 fully saturated rings. The lowest BCUT2D eigenvalue weighted by Crippen LogP contribution is -2.45. The number of anilines is 1. The molecule has 1 aromatic rings. The lowest BCUT2D eigenvalue weighted by molar-refractivity contribution is 0.0297. The highest BCUT2D eigenvalue weighted by Gasteiger charge is 2.28. The molecule has 5 nitrogen and oxygen atoms in total. The Morgan fingerprint density at radius 3 is 2.76 bits per heavy atom. The van der Waals surface area contributed by atoms with E-state index in [9.17, 15) is 9.90 Å². The summed E-state index contributed by atoms with van der Waals surface area (Å²) < 4.78 is 0. The van der Waals surface area contributed by atoms with Gasteiger partial charge in [0.2, 0.25) is 0 Å². The number of amides is 1. The van der Waals surface area contributed by atoms with Crippen molar-refractivity contribution in [3.8, 4) is 0 Å². The van der Waals surface area contributed by atoms with E-state index in [-0.39, 0.29) is 23.8 Å². The number of carbonyl (C=O) groups excluding carboxylic acids is 1. The number of hydrogen-bond acceptors (Lipinski definition) is 4. The second-order valence-corrected chi connectivity index (χ2v) is 6.16. The summed E-state index contributed by atoms with van der Waals surface area (Å²) in [7, 11) is 1.81. The third-order valence-corrected chi connectivity index (χ3v) is 4.09. The van der Waals surface area contributed by atoms with Crippen LogP contribution in [0.5, 0.6) is 0 Å². The van der Waals surface area contributed by atoms with E-state index in [0.717, 1.165) is 11.5 Å². The van der Waals surface area contributed by atoms with Crippen LogP contribution in [0.25, 0.3) is 0 Å². The summed E-state index contributed by atoms with van der Waals surface area (Å²) in [5, 5.41) is 12.8. The van der Waals surface area contributed by atoms with Gasteiger partial charge in [0.25, 0.3) is 5.91 Å². The Kier molecular flexibility index (Phi) is 4.83. The average molecular weight is 291 g/mol. The van der Waals surface area contributed by atoms with Crippen LogP contribution in [0, 0.1) is 5.92 Å². The minimum absolute atomic E-state index is 0.0227. The molecule has 1 aromatic heterocycles. The average Bonchev–Trinajstić information content (AvgIpc) is 2.48. The largest absolute Gasteiger partial charge is 0.393 e. The first-order valence-electron chi connectivity index (χ1n) is 7.59. The number of nitrogens with one attached hydrogen (secondary N) is 1. The summed E-state index contributed by atoms with van der Waals surface area (Å²) in [6.45, 7) is 7.33. The van der Waals surface area contributed by atoms with Crippen LogP contribution < -0.4 is 5.32 Å². The van der Waals surface area contributed by atoms with Crippen molar-refractivity contribution in [2.75, 3.05) is 25.5 Å². The zero-order valence-electron chi connectivity index (χ0n) is 13.3. The lowest BCUT2D eigenvalue weighted by Gasteiger charge is -2.34. The van der Waals surface area contributed by atoms with Gasteiger partial charge >= 0.3 is 0 Å². The number of hydrogen-bond donors (Lipinski definition) is 2. The highest BCUT2D eigenvalue weighted by Crippen LogP contribution is 2.22. The molecule has 1 amide bonds. The van der Waals surface area contributed by atoms with Gasteiger partial charge in [0.15, 0.2) is 0 Å². The summed E-state index contributed by atoms with van der Waals surface area (Å²) in [5.41, 5.74) is 1.58. The molecule has 2 unspecified atom stereocenters. The summed E-state index contributed by atoms with van der Waals surface area (Å²) >= 11 is 0. The molecule has 0 aliphatic carbocycles. The predicted molar refractivity (Wildman–Crippen MR) is 83.6 cm³/mol. The van der Waals surface area contributed by atoms with Gasteiger partial charge in [0.1, 0.15) is 5.82 Å². The second-order valence-electron chi connectivity index (χ2n) is 6.16. The Morgan fingerprint density at radius 1 is 1.48 bits per heavy atom. The van der Waals surface area contributed by atoms with Crippen LogP contribution in [0.3, 0.4) is 0 Å². The third kappa shape index (κ3) is 3.53. The Morgan fingerprint density at radius 2 is 2.19 bits per heavy atom. The minimum atomic E-state index is -0.300. The molecule has 5 heteroatoms. The van der Waals surface area contributed by atoms with Crippen molar-refractivity contribution in [3.63, 3.8) is 0 Å². The number of aromatic nitrogens is 1. The number of rotatable bonds is 3. The molecular formula is C16H25N3O2. The molecule has 2 rings (SSSR count). The third-order valence-electron chi connectivity index (χ3n) is 4.09. The van der Waals surface area contributed by atoms with Crippen molar-refractivity contribution < 1.29 is 9.90 Å². The van der Waals surface area contributed by atoms with E-state index in [2.05, 4.69) is 24.1 Å². The minimum Gasteiger partial charge on any atom is -0.393 e. The van der Waals surface area contributed by atoms with E-state index in [1.165, 1.54) is 0 Å². The van der Waals surface area contributed by atoms with Crippen LogP contribution in [-0.4, -0.2) is 47.1 Å². The highest BCUT2D eigenvalue weighted by atomic mass is 16.3. The first-order valence-corrected chi connectivity index (χ1v) is 7.59. The van der Waals surface area contributed by atoms with Crippen molar-refractivity contribution >= 4 is 11.7 Å². The van der Waals surface area contributed by atoms with E-state index < -0.39 is 0 Å². The Hall–Kier alpha value is -1.62. The maximum atomic E-state index is 12.7. The molecule has 2 atom stereocenters. The van der Waals surface area contributed by atoms with Gasteiger partial charge in [0.05, 0.1) is 6.10 Å². The zero-order chi connectivity index (χ0) is 15.6. The van der Waals surface area contributed by atoms with Crippen LogP contribution in [0.15, 0.2) is 12.1 Å². The van der Waals surface area contributed by atoms with Gasteiger partial charge in [-0.1, -0.05) is 20.8 Å². The number of likely N-dealkylation sites (tertiary alicyclic amines) is 1.